The van der Waals surface area contributed by atoms with E-state index in [1.807, 2.05) is 0 Å². The van der Waals surface area contributed by atoms with E-state index in [4.69, 9.17) is 0 Å². The fourth-order valence-electron chi connectivity index (χ4n) is 3.56. The SMILES string of the molecule is C=C(CC/C=C(\C)CC=C(C)C)C(C)CC/C=C(/CC)CC/C=C(\C)CCC=C(C)C. The second kappa shape index (κ2) is 18.1. The van der Waals surface area contributed by atoms with Gasteiger partial charge in [-0.3, -0.25) is 0 Å². The maximum Gasteiger partial charge on any atom is -0.0139 e. The Morgan fingerprint density at radius 2 is 1.26 bits per heavy atom. The largest absolute Gasteiger partial charge is 0.0996 e. The lowest BCUT2D eigenvalue weighted by atomic mass is 9.92. The fraction of sp³-hybridized carbons (Fsp3) is 0.613. The zero-order valence-electron chi connectivity index (χ0n) is 22.2. The van der Waals surface area contributed by atoms with E-state index in [0.717, 1.165) is 19.3 Å². The van der Waals surface area contributed by atoms with Gasteiger partial charge in [0.25, 0.3) is 0 Å². The summed E-state index contributed by atoms with van der Waals surface area (Å²) in [7, 11) is 0. The Kier molecular flexibility index (Phi) is 17.1. The molecule has 0 spiro atoms. The zero-order chi connectivity index (χ0) is 23.6. The van der Waals surface area contributed by atoms with Gasteiger partial charge in [-0.1, -0.05) is 84.2 Å². The van der Waals surface area contributed by atoms with Crippen LogP contribution < -0.4 is 0 Å². The molecule has 0 N–H and O–H groups in total. The molecular weight excluding hydrogens is 372 g/mol. The van der Waals surface area contributed by atoms with Crippen molar-refractivity contribution in [2.24, 2.45) is 5.92 Å². The minimum Gasteiger partial charge on any atom is -0.0996 e. The van der Waals surface area contributed by atoms with Gasteiger partial charge in [0.2, 0.25) is 0 Å². The summed E-state index contributed by atoms with van der Waals surface area (Å²) in [5.74, 6) is 0.609. The smallest absolute Gasteiger partial charge is 0.0139 e. The highest BCUT2D eigenvalue weighted by Gasteiger charge is 2.06. The van der Waals surface area contributed by atoms with Crippen molar-refractivity contribution in [2.45, 2.75) is 120 Å². The molecule has 0 aromatic heterocycles. The van der Waals surface area contributed by atoms with Crippen LogP contribution >= 0.6 is 0 Å². The van der Waals surface area contributed by atoms with Gasteiger partial charge in [0.05, 0.1) is 0 Å². The first-order chi connectivity index (χ1) is 14.6. The maximum absolute atomic E-state index is 4.37. The van der Waals surface area contributed by atoms with Crippen molar-refractivity contribution >= 4 is 0 Å². The Morgan fingerprint density at radius 1 is 0.677 bits per heavy atom. The van der Waals surface area contributed by atoms with Crippen molar-refractivity contribution in [3.63, 3.8) is 0 Å². The van der Waals surface area contributed by atoms with Crippen molar-refractivity contribution in [1.29, 1.82) is 0 Å². The molecule has 0 rings (SSSR count). The molecule has 0 bridgehead atoms. The molecule has 31 heavy (non-hydrogen) atoms. The van der Waals surface area contributed by atoms with E-state index >= 15 is 0 Å². The predicted octanol–water partition coefficient (Wildman–Crippen LogP) is 10.9. The summed E-state index contributed by atoms with van der Waals surface area (Å²) in [4.78, 5) is 0. The quantitative estimate of drug-likeness (QED) is 0.216. The van der Waals surface area contributed by atoms with Crippen molar-refractivity contribution in [2.75, 3.05) is 0 Å². The summed E-state index contributed by atoms with van der Waals surface area (Å²) < 4.78 is 0. The lowest BCUT2D eigenvalue weighted by Crippen LogP contribution is -1.98. The molecule has 0 heterocycles. The second-order valence-electron chi connectivity index (χ2n) is 9.84. The van der Waals surface area contributed by atoms with Gasteiger partial charge in [-0.25, -0.2) is 0 Å². The molecule has 0 aromatic rings. The van der Waals surface area contributed by atoms with Gasteiger partial charge < -0.3 is 0 Å². The van der Waals surface area contributed by atoms with Gasteiger partial charge in [0, 0.05) is 0 Å². The van der Waals surface area contributed by atoms with Crippen LogP contribution in [0.5, 0.6) is 0 Å². The summed E-state index contributed by atoms with van der Waals surface area (Å²) in [6.07, 6.45) is 23.7. The van der Waals surface area contributed by atoms with Crippen LogP contribution in [0.2, 0.25) is 0 Å². The van der Waals surface area contributed by atoms with Crippen LogP contribution in [0.15, 0.2) is 70.4 Å². The molecule has 0 aliphatic rings. The molecule has 0 saturated carbocycles. The molecule has 0 radical (unpaired) electrons. The molecule has 0 aliphatic carbocycles. The highest BCUT2D eigenvalue weighted by molar-refractivity contribution is 5.10. The van der Waals surface area contributed by atoms with Crippen LogP contribution in [0.4, 0.5) is 0 Å². The Bertz CT molecular complexity index is 652. The molecule has 0 aromatic carbocycles. The van der Waals surface area contributed by atoms with Crippen molar-refractivity contribution in [3.8, 4) is 0 Å². The lowest BCUT2D eigenvalue weighted by molar-refractivity contribution is 0.596. The zero-order valence-corrected chi connectivity index (χ0v) is 22.2. The number of hydrogen-bond acceptors (Lipinski definition) is 0. The predicted molar refractivity (Wildman–Crippen MR) is 145 cm³/mol. The Balaban J connectivity index is 4.29. The third-order valence-corrected chi connectivity index (χ3v) is 6.02. The van der Waals surface area contributed by atoms with Crippen LogP contribution in [-0.2, 0) is 0 Å². The minimum atomic E-state index is 0.609. The molecule has 1 unspecified atom stereocenters. The van der Waals surface area contributed by atoms with E-state index in [1.54, 1.807) is 5.57 Å². The van der Waals surface area contributed by atoms with Crippen molar-refractivity contribution in [1.82, 2.24) is 0 Å². The first kappa shape index (κ1) is 29.4. The highest BCUT2D eigenvalue weighted by atomic mass is 14.1. The number of rotatable bonds is 16. The van der Waals surface area contributed by atoms with Crippen LogP contribution in [0.3, 0.4) is 0 Å². The summed E-state index contributed by atoms with van der Waals surface area (Å²) in [5, 5.41) is 0. The van der Waals surface area contributed by atoms with Gasteiger partial charge in [-0.05, 0) is 112 Å². The third kappa shape index (κ3) is 17.8. The highest BCUT2D eigenvalue weighted by Crippen LogP contribution is 2.22. The summed E-state index contributed by atoms with van der Waals surface area (Å²) >= 11 is 0. The average molecular weight is 425 g/mol. The normalized spacial score (nSPS) is 13.7. The molecular formula is C31H52. The average Bonchev–Trinajstić information content (AvgIpc) is 2.70. The molecule has 0 fully saturated rings. The second-order valence-corrected chi connectivity index (χ2v) is 9.84. The van der Waals surface area contributed by atoms with Gasteiger partial charge >= 0.3 is 0 Å². The number of hydrogen-bond donors (Lipinski definition) is 0. The molecule has 0 nitrogen and oxygen atoms in total. The summed E-state index contributed by atoms with van der Waals surface area (Å²) in [6.45, 7) is 22.2. The van der Waals surface area contributed by atoms with E-state index in [-0.39, 0.29) is 0 Å². The molecule has 0 aliphatic heterocycles. The van der Waals surface area contributed by atoms with Crippen molar-refractivity contribution < 1.29 is 0 Å². The first-order valence-corrected chi connectivity index (χ1v) is 12.6. The third-order valence-electron chi connectivity index (χ3n) is 6.02. The summed E-state index contributed by atoms with van der Waals surface area (Å²) in [6, 6.07) is 0. The van der Waals surface area contributed by atoms with Crippen molar-refractivity contribution in [3.05, 3.63) is 70.4 Å². The van der Waals surface area contributed by atoms with Gasteiger partial charge in [-0.15, -0.1) is 0 Å². The van der Waals surface area contributed by atoms with Gasteiger partial charge in [0.15, 0.2) is 0 Å². The number of allylic oxidation sites excluding steroid dienone is 11. The van der Waals surface area contributed by atoms with E-state index in [1.165, 1.54) is 72.8 Å². The maximum atomic E-state index is 4.37. The Morgan fingerprint density at radius 3 is 1.87 bits per heavy atom. The van der Waals surface area contributed by atoms with Crippen LogP contribution in [0, 0.1) is 5.92 Å². The first-order valence-electron chi connectivity index (χ1n) is 12.6. The van der Waals surface area contributed by atoms with E-state index < -0.39 is 0 Å². The van der Waals surface area contributed by atoms with Crippen LogP contribution in [0.1, 0.15) is 120 Å². The van der Waals surface area contributed by atoms with Gasteiger partial charge in [0.1, 0.15) is 0 Å². The fourth-order valence-corrected chi connectivity index (χ4v) is 3.56. The molecule has 1 atom stereocenters. The van der Waals surface area contributed by atoms with E-state index in [2.05, 4.69) is 92.3 Å². The minimum absolute atomic E-state index is 0.609. The molecule has 0 heteroatoms. The topological polar surface area (TPSA) is 0 Å². The van der Waals surface area contributed by atoms with Crippen LogP contribution in [0.25, 0.3) is 0 Å². The standard InChI is InChI=1S/C31H52/c1-10-31(21-13-18-27(6)16-11-15-25(2)3)22-14-20-30(9)29(8)19-12-17-28(7)24-23-26(4)5/h15,17-18,22-23,30H,8,10-14,16,19-21,24H2,1-7,9H3/b27-18+,28-17+,31-22-. The van der Waals surface area contributed by atoms with E-state index in [9.17, 15) is 0 Å². The van der Waals surface area contributed by atoms with Gasteiger partial charge in [-0.2, -0.15) is 0 Å². The molecule has 0 saturated heterocycles. The Hall–Kier alpha value is -1.56. The van der Waals surface area contributed by atoms with Crippen LogP contribution in [-0.4, -0.2) is 0 Å². The Labute approximate surface area is 196 Å². The summed E-state index contributed by atoms with van der Waals surface area (Å²) in [5.41, 5.74) is 8.85. The lowest BCUT2D eigenvalue weighted by Gasteiger charge is -2.14. The van der Waals surface area contributed by atoms with E-state index in [0.29, 0.717) is 5.92 Å². The monoisotopic (exact) mass is 424 g/mol. The molecule has 0 amide bonds. The molecule has 176 valence electrons.